The molecule has 170 valence electrons. The molecule has 0 bridgehead atoms. The van der Waals surface area contributed by atoms with Crippen molar-refractivity contribution >= 4 is 11.7 Å². The van der Waals surface area contributed by atoms with Crippen LogP contribution in [0.15, 0.2) is 66.7 Å². The smallest absolute Gasteiger partial charge is 0.343 e. The van der Waals surface area contributed by atoms with Crippen molar-refractivity contribution in [2.45, 2.75) is 25.7 Å². The van der Waals surface area contributed by atoms with Gasteiger partial charge in [-0.2, -0.15) is 0 Å². The van der Waals surface area contributed by atoms with Crippen LogP contribution in [0.25, 0.3) is 16.0 Å². The van der Waals surface area contributed by atoms with Crippen LogP contribution in [-0.4, -0.2) is 26.2 Å². The van der Waals surface area contributed by atoms with Gasteiger partial charge in [0.1, 0.15) is 5.75 Å². The number of quaternary nitrogens is 1. The van der Waals surface area contributed by atoms with E-state index in [0.717, 1.165) is 43.4 Å². The molecule has 3 N–H and O–H groups in total. The van der Waals surface area contributed by atoms with Crippen molar-refractivity contribution in [2.75, 3.05) is 20.3 Å². The first-order chi connectivity index (χ1) is 16.1. The number of unbranched alkanes of at least 4 members (excludes halogenated alkanes) is 3. The van der Waals surface area contributed by atoms with E-state index in [2.05, 4.69) is 10.6 Å². The Kier molecular flexibility index (Phi) is 8.87. The number of carbonyl (C=O) groups is 1. The standard InChI is InChI=1S/C27H28N2O4/c1-29-23-12-7-20(8-13-23)21-9-14-24(15-10-21)33-27(30)22-11-16-25(26(19-22)31-2)32-18-6-4-3-5-17-28/h7-16,19H,3-6,17-18,28H2,2H3/p+1. The van der Waals surface area contributed by atoms with Gasteiger partial charge in [0.05, 0.1) is 32.4 Å². The highest BCUT2D eigenvalue weighted by Crippen LogP contribution is 2.29. The van der Waals surface area contributed by atoms with Crippen molar-refractivity contribution in [1.82, 2.24) is 0 Å². The van der Waals surface area contributed by atoms with E-state index in [1.165, 1.54) is 0 Å². The van der Waals surface area contributed by atoms with Gasteiger partial charge in [0.15, 0.2) is 17.2 Å². The Hall–Kier alpha value is -3.82. The number of ether oxygens (including phenoxy) is 3. The van der Waals surface area contributed by atoms with Gasteiger partial charge in [-0.15, -0.1) is 0 Å². The van der Waals surface area contributed by atoms with Crippen molar-refractivity contribution in [1.29, 1.82) is 0 Å². The Morgan fingerprint density at radius 3 is 2.18 bits per heavy atom. The average Bonchev–Trinajstić information content (AvgIpc) is 2.86. The van der Waals surface area contributed by atoms with Crippen molar-refractivity contribution < 1.29 is 24.7 Å². The van der Waals surface area contributed by atoms with Crippen molar-refractivity contribution in [3.05, 3.63) is 83.7 Å². The average molecular weight is 446 g/mol. The first-order valence-corrected chi connectivity index (χ1v) is 11.0. The monoisotopic (exact) mass is 445 g/mol. The number of hydrogen-bond acceptors (Lipinski definition) is 4. The maximum absolute atomic E-state index is 12.6. The van der Waals surface area contributed by atoms with Crippen LogP contribution >= 0.6 is 0 Å². The molecule has 0 radical (unpaired) electrons. The van der Waals surface area contributed by atoms with Gasteiger partial charge in [-0.05, 0) is 67.1 Å². The lowest BCUT2D eigenvalue weighted by molar-refractivity contribution is -0.368. The molecule has 0 spiro atoms. The van der Waals surface area contributed by atoms with Gasteiger partial charge in [0, 0.05) is 0 Å². The van der Waals surface area contributed by atoms with Gasteiger partial charge in [0.25, 0.3) is 0 Å². The van der Waals surface area contributed by atoms with Gasteiger partial charge in [-0.25, -0.2) is 9.64 Å². The molecule has 0 fully saturated rings. The molecule has 0 amide bonds. The number of esters is 1. The fourth-order valence-electron chi connectivity index (χ4n) is 3.34. The van der Waals surface area contributed by atoms with Crippen LogP contribution < -0.4 is 19.9 Å². The molecule has 0 saturated carbocycles. The normalized spacial score (nSPS) is 10.3. The lowest BCUT2D eigenvalue weighted by Gasteiger charge is -2.12. The van der Waals surface area contributed by atoms with Crippen LogP contribution in [-0.2, 0) is 0 Å². The fraction of sp³-hybridized carbons (Fsp3) is 0.259. The molecule has 0 aromatic heterocycles. The second kappa shape index (κ2) is 12.3. The molecule has 0 atom stereocenters. The molecule has 33 heavy (non-hydrogen) atoms. The maximum Gasteiger partial charge on any atom is 0.343 e. The number of methoxy groups -OCH3 is 1. The molecule has 3 aromatic rings. The SMILES string of the molecule is [C-]#[N+]c1ccc(-c2ccc(OC(=O)c3ccc(OCCCCCC[NH3+])c(OC)c3)cc2)cc1. The minimum absolute atomic E-state index is 0.383. The van der Waals surface area contributed by atoms with Gasteiger partial charge in [-0.1, -0.05) is 36.4 Å². The predicted molar refractivity (Wildman–Crippen MR) is 128 cm³/mol. The maximum atomic E-state index is 12.6. The second-order valence-corrected chi connectivity index (χ2v) is 7.55. The third-order valence-corrected chi connectivity index (χ3v) is 5.20. The van der Waals surface area contributed by atoms with Gasteiger partial charge in [0.2, 0.25) is 0 Å². The number of benzene rings is 3. The molecule has 0 heterocycles. The van der Waals surface area contributed by atoms with E-state index in [-0.39, 0.29) is 0 Å². The zero-order valence-corrected chi connectivity index (χ0v) is 18.9. The Morgan fingerprint density at radius 1 is 0.879 bits per heavy atom. The molecule has 3 aromatic carbocycles. The minimum Gasteiger partial charge on any atom is -0.493 e. The van der Waals surface area contributed by atoms with Crippen molar-refractivity contribution in [3.8, 4) is 28.4 Å². The fourth-order valence-corrected chi connectivity index (χ4v) is 3.34. The van der Waals surface area contributed by atoms with Crippen LogP contribution in [0.2, 0.25) is 0 Å². The van der Waals surface area contributed by atoms with Gasteiger partial charge in [-0.3, -0.25) is 0 Å². The highest BCUT2D eigenvalue weighted by atomic mass is 16.5. The van der Waals surface area contributed by atoms with Gasteiger partial charge < -0.3 is 19.9 Å². The lowest BCUT2D eigenvalue weighted by atomic mass is 10.1. The largest absolute Gasteiger partial charge is 0.493 e. The number of rotatable bonds is 11. The van der Waals surface area contributed by atoms with E-state index in [0.29, 0.717) is 35.1 Å². The summed E-state index contributed by atoms with van der Waals surface area (Å²) in [6.07, 6.45) is 4.36. The first kappa shape index (κ1) is 23.8. The summed E-state index contributed by atoms with van der Waals surface area (Å²) in [6.45, 7) is 8.61. The third-order valence-electron chi connectivity index (χ3n) is 5.20. The van der Waals surface area contributed by atoms with Crippen LogP contribution in [0.1, 0.15) is 36.0 Å². The second-order valence-electron chi connectivity index (χ2n) is 7.55. The number of carbonyl (C=O) groups excluding carboxylic acids is 1. The highest BCUT2D eigenvalue weighted by molar-refractivity contribution is 5.92. The summed E-state index contributed by atoms with van der Waals surface area (Å²) in [4.78, 5) is 16.0. The zero-order chi connectivity index (χ0) is 23.5. The Balaban J connectivity index is 1.59. The highest BCUT2D eigenvalue weighted by Gasteiger charge is 2.13. The molecule has 0 unspecified atom stereocenters. The molecule has 0 aliphatic heterocycles. The van der Waals surface area contributed by atoms with E-state index in [1.807, 2.05) is 24.3 Å². The van der Waals surface area contributed by atoms with E-state index in [1.54, 1.807) is 49.6 Å². The summed E-state index contributed by atoms with van der Waals surface area (Å²) in [5.74, 6) is 1.09. The molecule has 0 saturated heterocycles. The summed E-state index contributed by atoms with van der Waals surface area (Å²) in [7, 11) is 1.55. The van der Waals surface area contributed by atoms with E-state index >= 15 is 0 Å². The Morgan fingerprint density at radius 2 is 1.55 bits per heavy atom. The summed E-state index contributed by atoms with van der Waals surface area (Å²) in [5, 5.41) is 0. The predicted octanol–water partition coefficient (Wildman–Crippen LogP) is 5.31. The first-order valence-electron chi connectivity index (χ1n) is 11.0. The summed E-state index contributed by atoms with van der Waals surface area (Å²) in [5.41, 5.74) is 6.79. The van der Waals surface area contributed by atoms with Crippen LogP contribution in [0.3, 0.4) is 0 Å². The molecular weight excluding hydrogens is 416 g/mol. The van der Waals surface area contributed by atoms with E-state index in [9.17, 15) is 4.79 Å². The summed E-state index contributed by atoms with van der Waals surface area (Å²) in [6, 6.07) is 19.7. The molecular formula is C27H29N2O4+. The van der Waals surface area contributed by atoms with Crippen molar-refractivity contribution in [3.63, 3.8) is 0 Å². The molecule has 6 heteroatoms. The van der Waals surface area contributed by atoms with Crippen molar-refractivity contribution in [2.24, 2.45) is 0 Å². The Labute approximate surface area is 194 Å². The number of hydrogen-bond donors (Lipinski definition) is 1. The Bertz CT molecular complexity index is 1090. The van der Waals surface area contributed by atoms with Gasteiger partial charge >= 0.3 is 5.97 Å². The van der Waals surface area contributed by atoms with Crippen LogP contribution in [0.4, 0.5) is 5.69 Å². The molecule has 0 aliphatic carbocycles. The molecule has 0 aliphatic rings. The third kappa shape index (κ3) is 6.83. The van der Waals surface area contributed by atoms with E-state index < -0.39 is 5.97 Å². The van der Waals surface area contributed by atoms with Crippen LogP contribution in [0, 0.1) is 6.57 Å². The zero-order valence-electron chi connectivity index (χ0n) is 18.9. The summed E-state index contributed by atoms with van der Waals surface area (Å²) >= 11 is 0. The van der Waals surface area contributed by atoms with Crippen LogP contribution in [0.5, 0.6) is 17.2 Å². The van der Waals surface area contributed by atoms with E-state index in [4.69, 9.17) is 20.8 Å². The lowest BCUT2D eigenvalue weighted by Crippen LogP contribution is -2.50. The topological polar surface area (TPSA) is 76.8 Å². The molecule has 3 rings (SSSR count). The summed E-state index contributed by atoms with van der Waals surface area (Å²) < 4.78 is 16.7. The molecule has 6 nitrogen and oxygen atoms in total. The quantitative estimate of drug-likeness (QED) is 0.188. The minimum atomic E-state index is -0.470. The number of nitrogens with zero attached hydrogens (tertiary/aromatic N) is 1.